The minimum atomic E-state index is 1.01. The molecule has 182 valence electrons. The molecule has 7 rings (SSSR count). The van der Waals surface area contributed by atoms with Crippen molar-refractivity contribution in [2.75, 3.05) is 5.32 Å². The lowest BCUT2D eigenvalue weighted by Gasteiger charge is -2.19. The van der Waals surface area contributed by atoms with Gasteiger partial charge in [-0.3, -0.25) is 0 Å². The molecule has 1 aliphatic carbocycles. The van der Waals surface area contributed by atoms with Crippen molar-refractivity contribution >= 4 is 33.9 Å². The summed E-state index contributed by atoms with van der Waals surface area (Å²) in [6.07, 6.45) is 4.46. The number of benzene rings is 5. The second kappa shape index (κ2) is 9.57. The summed E-state index contributed by atoms with van der Waals surface area (Å²) in [6.45, 7) is 0. The summed E-state index contributed by atoms with van der Waals surface area (Å²) in [5, 5.41) is 4.92. The van der Waals surface area contributed by atoms with Crippen LogP contribution in [0.15, 0.2) is 133 Å². The van der Waals surface area contributed by atoms with E-state index in [0.717, 1.165) is 24.2 Å². The van der Waals surface area contributed by atoms with Gasteiger partial charge in [0, 0.05) is 39.3 Å². The van der Waals surface area contributed by atoms with Crippen LogP contribution in [0.4, 0.5) is 11.4 Å². The zero-order chi connectivity index (χ0) is 25.3. The third kappa shape index (κ3) is 4.01. The second-order valence-corrected chi connectivity index (χ2v) is 9.84. The van der Waals surface area contributed by atoms with Crippen LogP contribution in [0.25, 0.3) is 39.4 Å². The van der Waals surface area contributed by atoms with E-state index < -0.39 is 0 Å². The Morgan fingerprint density at radius 3 is 2.16 bits per heavy atom. The van der Waals surface area contributed by atoms with Gasteiger partial charge in [-0.1, -0.05) is 91.0 Å². The lowest BCUT2D eigenvalue weighted by molar-refractivity contribution is 0.898. The Morgan fingerprint density at radius 2 is 1.29 bits per heavy atom. The lowest BCUT2D eigenvalue weighted by Crippen LogP contribution is -2.05. The van der Waals surface area contributed by atoms with Crippen molar-refractivity contribution in [2.45, 2.75) is 12.8 Å². The molecule has 0 amide bonds. The molecule has 0 atom stereocenters. The maximum Gasteiger partial charge on any atom is 0.0537 e. The maximum atomic E-state index is 3.60. The number of para-hydroxylation sites is 4. The molecule has 0 unspecified atom stereocenters. The van der Waals surface area contributed by atoms with Gasteiger partial charge in [0.25, 0.3) is 0 Å². The summed E-state index contributed by atoms with van der Waals surface area (Å²) < 4.78 is 2.44. The van der Waals surface area contributed by atoms with E-state index in [4.69, 9.17) is 0 Å². The van der Waals surface area contributed by atoms with Crippen LogP contribution in [0.5, 0.6) is 0 Å². The summed E-state index contributed by atoms with van der Waals surface area (Å²) >= 11 is 0. The number of allylic oxidation sites excluding steroid dienone is 1. The third-order valence-electron chi connectivity index (χ3n) is 7.50. The van der Waals surface area contributed by atoms with Crippen molar-refractivity contribution in [3.8, 4) is 16.8 Å². The van der Waals surface area contributed by atoms with Crippen LogP contribution in [0.3, 0.4) is 0 Å². The molecule has 0 spiro atoms. The highest BCUT2D eigenvalue weighted by molar-refractivity contribution is 5.99. The molecule has 1 aliphatic rings. The number of hydrogen-bond donors (Lipinski definition) is 1. The first-order chi connectivity index (χ1) is 18.8. The largest absolute Gasteiger partial charge is 0.355 e. The summed E-state index contributed by atoms with van der Waals surface area (Å²) in [4.78, 5) is 0. The highest BCUT2D eigenvalue weighted by Crippen LogP contribution is 2.39. The van der Waals surface area contributed by atoms with E-state index in [-0.39, 0.29) is 0 Å². The maximum absolute atomic E-state index is 3.60. The molecule has 6 aromatic rings. The Labute approximate surface area is 223 Å². The molecule has 0 bridgehead atoms. The Balaban J connectivity index is 1.30. The van der Waals surface area contributed by atoms with Gasteiger partial charge in [-0.05, 0) is 78.1 Å². The van der Waals surface area contributed by atoms with E-state index in [1.807, 2.05) is 6.07 Å². The fraction of sp³-hybridized carbons (Fsp3) is 0.0556. The van der Waals surface area contributed by atoms with Gasteiger partial charge in [-0.2, -0.15) is 0 Å². The van der Waals surface area contributed by atoms with Crippen molar-refractivity contribution < 1.29 is 0 Å². The first kappa shape index (κ1) is 22.4. The number of nitrogens with one attached hydrogen (secondary N) is 1. The molecule has 0 saturated carbocycles. The number of hydrogen-bond acceptors (Lipinski definition) is 1. The van der Waals surface area contributed by atoms with Crippen LogP contribution in [0, 0.1) is 0 Å². The number of fused-ring (bicyclic) bond motifs is 3. The summed E-state index contributed by atoms with van der Waals surface area (Å²) in [6, 6.07) is 47.4. The summed E-state index contributed by atoms with van der Waals surface area (Å²) in [5.74, 6) is 0. The molecular formula is C36H28N2. The Hall–Kier alpha value is -4.82. The Morgan fingerprint density at radius 1 is 0.579 bits per heavy atom. The van der Waals surface area contributed by atoms with Crippen molar-refractivity contribution in [1.82, 2.24) is 4.57 Å². The SMILES string of the molecule is C1=C(c2cccc(-c3ccccc3Nc3ccccc3)c2)CCc2c1c1ccccc1n2-c1ccccc1. The van der Waals surface area contributed by atoms with Crippen LogP contribution in [-0.2, 0) is 6.42 Å². The normalized spacial score (nSPS) is 12.7. The molecule has 2 heteroatoms. The topological polar surface area (TPSA) is 17.0 Å². The van der Waals surface area contributed by atoms with Gasteiger partial charge in [0.2, 0.25) is 0 Å². The number of aromatic nitrogens is 1. The summed E-state index contributed by atoms with van der Waals surface area (Å²) in [5.41, 5.74) is 12.6. The molecule has 38 heavy (non-hydrogen) atoms. The van der Waals surface area contributed by atoms with E-state index in [0.29, 0.717) is 0 Å². The fourth-order valence-electron chi connectivity index (χ4n) is 5.73. The van der Waals surface area contributed by atoms with Crippen molar-refractivity contribution in [3.05, 3.63) is 150 Å². The third-order valence-corrected chi connectivity index (χ3v) is 7.50. The van der Waals surface area contributed by atoms with Crippen molar-refractivity contribution in [1.29, 1.82) is 0 Å². The monoisotopic (exact) mass is 488 g/mol. The standard InChI is InChI=1S/C36H28N2/c1-3-14-29(15-4-1)37-34-20-9-7-18-31(34)28-13-11-12-26(24-28)27-22-23-36-33(25-27)32-19-8-10-21-35(32)38(36)30-16-5-2-6-17-30/h1-21,24-25,37H,22-23H2. The fourth-order valence-corrected chi connectivity index (χ4v) is 5.73. The van der Waals surface area contributed by atoms with Crippen LogP contribution < -0.4 is 5.32 Å². The highest BCUT2D eigenvalue weighted by Gasteiger charge is 2.21. The van der Waals surface area contributed by atoms with Gasteiger partial charge in [-0.25, -0.2) is 0 Å². The zero-order valence-electron chi connectivity index (χ0n) is 21.1. The average Bonchev–Trinajstić information content (AvgIpc) is 3.32. The van der Waals surface area contributed by atoms with Gasteiger partial charge in [0.05, 0.1) is 5.52 Å². The molecule has 0 fully saturated rings. The molecule has 5 aromatic carbocycles. The minimum Gasteiger partial charge on any atom is -0.355 e. The second-order valence-electron chi connectivity index (χ2n) is 9.84. The molecule has 1 heterocycles. The van der Waals surface area contributed by atoms with E-state index in [1.165, 1.54) is 50.1 Å². The number of anilines is 2. The van der Waals surface area contributed by atoms with Gasteiger partial charge in [0.15, 0.2) is 0 Å². The number of nitrogens with zero attached hydrogens (tertiary/aromatic N) is 1. The molecule has 2 nitrogen and oxygen atoms in total. The van der Waals surface area contributed by atoms with Gasteiger partial charge in [0.1, 0.15) is 0 Å². The zero-order valence-corrected chi connectivity index (χ0v) is 21.1. The van der Waals surface area contributed by atoms with E-state index in [2.05, 4.69) is 143 Å². The molecular weight excluding hydrogens is 460 g/mol. The summed E-state index contributed by atoms with van der Waals surface area (Å²) in [7, 11) is 0. The molecule has 0 aliphatic heterocycles. The molecule has 0 saturated heterocycles. The predicted octanol–water partition coefficient (Wildman–Crippen LogP) is 9.53. The minimum absolute atomic E-state index is 1.01. The van der Waals surface area contributed by atoms with Crippen LogP contribution in [0.1, 0.15) is 23.2 Å². The van der Waals surface area contributed by atoms with E-state index >= 15 is 0 Å². The Kier molecular flexibility index (Phi) is 5.64. The average molecular weight is 489 g/mol. The van der Waals surface area contributed by atoms with E-state index in [1.54, 1.807) is 0 Å². The molecule has 0 radical (unpaired) electrons. The first-order valence-electron chi connectivity index (χ1n) is 13.3. The van der Waals surface area contributed by atoms with Crippen LogP contribution >= 0.6 is 0 Å². The molecule has 1 N–H and O–H groups in total. The van der Waals surface area contributed by atoms with E-state index in [9.17, 15) is 0 Å². The van der Waals surface area contributed by atoms with Crippen molar-refractivity contribution in [3.63, 3.8) is 0 Å². The molecule has 1 aromatic heterocycles. The smallest absolute Gasteiger partial charge is 0.0537 e. The van der Waals surface area contributed by atoms with Gasteiger partial charge in [-0.15, -0.1) is 0 Å². The lowest BCUT2D eigenvalue weighted by atomic mass is 9.89. The van der Waals surface area contributed by atoms with Gasteiger partial charge >= 0.3 is 0 Å². The van der Waals surface area contributed by atoms with Crippen LogP contribution in [-0.4, -0.2) is 4.57 Å². The predicted molar refractivity (Wildman–Crippen MR) is 161 cm³/mol. The first-order valence-corrected chi connectivity index (χ1v) is 13.3. The quantitative estimate of drug-likeness (QED) is 0.256. The van der Waals surface area contributed by atoms with Gasteiger partial charge < -0.3 is 9.88 Å². The van der Waals surface area contributed by atoms with Crippen molar-refractivity contribution in [2.24, 2.45) is 0 Å². The number of rotatable bonds is 5. The Bertz CT molecular complexity index is 1780. The van der Waals surface area contributed by atoms with Crippen LogP contribution in [0.2, 0.25) is 0 Å². The highest BCUT2D eigenvalue weighted by atomic mass is 15.0.